The molecule has 1 heterocycles. The Kier molecular flexibility index (Phi) is 3.69. The molecular weight excluding hydrogens is 272 g/mol. The average Bonchev–Trinajstić information content (AvgIpc) is 2.70. The number of carbonyl (C=O) groups is 1. The van der Waals surface area contributed by atoms with Crippen LogP contribution in [0.3, 0.4) is 0 Å². The van der Waals surface area contributed by atoms with E-state index in [9.17, 15) is 4.79 Å². The molecule has 2 rings (SSSR count). The zero-order chi connectivity index (χ0) is 13.1. The minimum Gasteiger partial charge on any atom is -0.382 e. The van der Waals surface area contributed by atoms with Gasteiger partial charge >= 0.3 is 0 Å². The molecule has 0 saturated heterocycles. The van der Waals surface area contributed by atoms with Crippen LogP contribution in [0.5, 0.6) is 0 Å². The summed E-state index contributed by atoms with van der Waals surface area (Å²) in [5.74, 6) is -0.0855. The van der Waals surface area contributed by atoms with E-state index in [2.05, 4.69) is 15.6 Å². The molecule has 1 amide bonds. The van der Waals surface area contributed by atoms with Crippen molar-refractivity contribution in [3.05, 3.63) is 34.2 Å². The van der Waals surface area contributed by atoms with Crippen molar-refractivity contribution in [3.8, 4) is 0 Å². The number of aromatic nitrogens is 1. The Morgan fingerprint density at radius 2 is 2.28 bits per heavy atom. The molecular formula is C11H11ClN4OS. The molecule has 0 saturated carbocycles. The molecule has 1 aromatic heterocycles. The molecule has 4 N–H and O–H groups in total. The van der Waals surface area contributed by atoms with Crippen molar-refractivity contribution in [1.82, 2.24) is 4.98 Å². The molecule has 0 aliphatic carbocycles. The molecule has 0 radical (unpaired) electrons. The van der Waals surface area contributed by atoms with Gasteiger partial charge in [-0.2, -0.15) is 0 Å². The monoisotopic (exact) mass is 282 g/mol. The highest BCUT2D eigenvalue weighted by atomic mass is 35.5. The summed E-state index contributed by atoms with van der Waals surface area (Å²) in [5, 5.41) is 6.72. The maximum atomic E-state index is 12.0. The van der Waals surface area contributed by atoms with Crippen LogP contribution in [0.15, 0.2) is 24.3 Å². The summed E-state index contributed by atoms with van der Waals surface area (Å²) in [5.41, 5.74) is 6.29. The van der Waals surface area contributed by atoms with Crippen LogP contribution in [0.1, 0.15) is 9.67 Å². The molecule has 0 spiro atoms. The van der Waals surface area contributed by atoms with Crippen molar-refractivity contribution in [3.63, 3.8) is 0 Å². The fourth-order valence-corrected chi connectivity index (χ4v) is 2.28. The molecule has 0 aliphatic heterocycles. The number of rotatable bonds is 3. The van der Waals surface area contributed by atoms with E-state index in [0.29, 0.717) is 20.7 Å². The van der Waals surface area contributed by atoms with Gasteiger partial charge < -0.3 is 16.4 Å². The number of nitrogen functional groups attached to an aromatic ring is 1. The summed E-state index contributed by atoms with van der Waals surface area (Å²) >= 11 is 7.04. The summed E-state index contributed by atoms with van der Waals surface area (Å²) in [7, 11) is 1.72. The summed E-state index contributed by atoms with van der Waals surface area (Å²) in [6.45, 7) is 0. The van der Waals surface area contributed by atoms with E-state index in [1.54, 1.807) is 31.3 Å². The van der Waals surface area contributed by atoms with E-state index in [1.807, 2.05) is 0 Å². The third kappa shape index (κ3) is 2.72. The predicted octanol–water partition coefficient (Wildman–Crippen LogP) is 2.67. The lowest BCUT2D eigenvalue weighted by Gasteiger charge is -2.03. The molecule has 0 atom stereocenters. The van der Waals surface area contributed by atoms with Crippen LogP contribution >= 0.6 is 22.9 Å². The number of benzene rings is 1. The molecule has 1 aromatic carbocycles. The average molecular weight is 283 g/mol. The van der Waals surface area contributed by atoms with E-state index in [-0.39, 0.29) is 11.7 Å². The van der Waals surface area contributed by atoms with Crippen molar-refractivity contribution in [2.45, 2.75) is 0 Å². The van der Waals surface area contributed by atoms with Crippen molar-refractivity contribution in [2.75, 3.05) is 23.4 Å². The first-order valence-electron chi connectivity index (χ1n) is 5.11. The summed E-state index contributed by atoms with van der Waals surface area (Å²) < 4.78 is 0. The number of halogens is 1. The predicted molar refractivity (Wildman–Crippen MR) is 75.5 cm³/mol. The highest BCUT2D eigenvalue weighted by Gasteiger charge is 2.15. The number of hydrogen-bond acceptors (Lipinski definition) is 5. The Labute approximate surface area is 113 Å². The first kappa shape index (κ1) is 12.7. The number of carbonyl (C=O) groups excluding carboxylic acids is 1. The van der Waals surface area contributed by atoms with E-state index < -0.39 is 0 Å². The minimum absolute atomic E-state index is 0.212. The van der Waals surface area contributed by atoms with Crippen LogP contribution in [0, 0.1) is 0 Å². The van der Waals surface area contributed by atoms with Gasteiger partial charge in [-0.15, -0.1) is 0 Å². The summed E-state index contributed by atoms with van der Waals surface area (Å²) in [4.78, 5) is 16.4. The standard InChI is InChI=1S/C11H11ClN4OS/c1-14-11-16-9(13)8(18-11)10(17)15-7-4-2-3-6(12)5-7/h2-5H,13H2,1H3,(H,14,16)(H,15,17). The number of nitrogens with two attached hydrogens (primary N) is 1. The maximum absolute atomic E-state index is 12.0. The first-order chi connectivity index (χ1) is 8.60. The fraction of sp³-hybridized carbons (Fsp3) is 0.0909. The summed E-state index contributed by atoms with van der Waals surface area (Å²) in [6, 6.07) is 6.90. The smallest absolute Gasteiger partial charge is 0.269 e. The lowest BCUT2D eigenvalue weighted by molar-refractivity contribution is 0.103. The molecule has 94 valence electrons. The van der Waals surface area contributed by atoms with E-state index >= 15 is 0 Å². The second-order valence-electron chi connectivity index (χ2n) is 3.45. The van der Waals surface area contributed by atoms with Crippen LogP contribution in [-0.2, 0) is 0 Å². The Hall–Kier alpha value is -1.79. The zero-order valence-corrected chi connectivity index (χ0v) is 11.1. The van der Waals surface area contributed by atoms with Gasteiger partial charge in [-0.25, -0.2) is 4.98 Å². The van der Waals surface area contributed by atoms with E-state index in [1.165, 1.54) is 11.3 Å². The lowest BCUT2D eigenvalue weighted by Crippen LogP contribution is -2.12. The highest BCUT2D eigenvalue weighted by Crippen LogP contribution is 2.25. The van der Waals surface area contributed by atoms with Crippen molar-refractivity contribution >= 4 is 45.5 Å². The fourth-order valence-electron chi connectivity index (χ4n) is 1.36. The molecule has 0 bridgehead atoms. The normalized spacial score (nSPS) is 10.1. The minimum atomic E-state index is -0.297. The quantitative estimate of drug-likeness (QED) is 0.808. The highest BCUT2D eigenvalue weighted by molar-refractivity contribution is 7.18. The topological polar surface area (TPSA) is 80.0 Å². The molecule has 2 aromatic rings. The maximum Gasteiger partial charge on any atom is 0.269 e. The molecule has 7 heteroatoms. The number of thiazole rings is 1. The van der Waals surface area contributed by atoms with Crippen LogP contribution in [0.4, 0.5) is 16.6 Å². The van der Waals surface area contributed by atoms with Crippen LogP contribution in [0.2, 0.25) is 5.02 Å². The Morgan fingerprint density at radius 3 is 2.89 bits per heavy atom. The van der Waals surface area contributed by atoms with Crippen molar-refractivity contribution in [1.29, 1.82) is 0 Å². The molecule has 0 fully saturated rings. The third-order valence-corrected chi connectivity index (χ3v) is 3.48. The SMILES string of the molecule is CNc1nc(N)c(C(=O)Nc2cccc(Cl)c2)s1. The second-order valence-corrected chi connectivity index (χ2v) is 4.88. The van der Waals surface area contributed by atoms with E-state index in [4.69, 9.17) is 17.3 Å². The largest absolute Gasteiger partial charge is 0.382 e. The van der Waals surface area contributed by atoms with Gasteiger partial charge in [0.2, 0.25) is 0 Å². The molecule has 0 unspecified atom stereocenters. The van der Waals surface area contributed by atoms with Gasteiger partial charge in [-0.1, -0.05) is 29.0 Å². The van der Waals surface area contributed by atoms with Gasteiger partial charge in [0.15, 0.2) is 5.13 Å². The van der Waals surface area contributed by atoms with Crippen LogP contribution in [0.25, 0.3) is 0 Å². The van der Waals surface area contributed by atoms with Gasteiger partial charge in [-0.3, -0.25) is 4.79 Å². The van der Waals surface area contributed by atoms with Gasteiger partial charge in [0, 0.05) is 17.8 Å². The first-order valence-corrected chi connectivity index (χ1v) is 6.30. The number of anilines is 3. The van der Waals surface area contributed by atoms with Crippen LogP contribution < -0.4 is 16.4 Å². The molecule has 0 aliphatic rings. The number of hydrogen-bond donors (Lipinski definition) is 3. The number of nitrogens with one attached hydrogen (secondary N) is 2. The van der Waals surface area contributed by atoms with Gasteiger partial charge in [0.1, 0.15) is 10.7 Å². The molecule has 5 nitrogen and oxygen atoms in total. The summed E-state index contributed by atoms with van der Waals surface area (Å²) in [6.07, 6.45) is 0. The van der Waals surface area contributed by atoms with Gasteiger partial charge in [-0.05, 0) is 18.2 Å². The van der Waals surface area contributed by atoms with E-state index in [0.717, 1.165) is 0 Å². The third-order valence-electron chi connectivity index (χ3n) is 2.16. The number of nitrogens with zero attached hydrogens (tertiary/aromatic N) is 1. The number of amides is 1. The van der Waals surface area contributed by atoms with Crippen molar-refractivity contribution < 1.29 is 4.79 Å². The van der Waals surface area contributed by atoms with Crippen molar-refractivity contribution in [2.24, 2.45) is 0 Å². The Bertz CT molecular complexity index is 584. The van der Waals surface area contributed by atoms with Crippen LogP contribution in [-0.4, -0.2) is 17.9 Å². The van der Waals surface area contributed by atoms with Gasteiger partial charge in [0.05, 0.1) is 0 Å². The molecule has 18 heavy (non-hydrogen) atoms. The lowest BCUT2D eigenvalue weighted by atomic mass is 10.3. The Balaban J connectivity index is 2.19. The zero-order valence-electron chi connectivity index (χ0n) is 9.53. The van der Waals surface area contributed by atoms with Gasteiger partial charge in [0.25, 0.3) is 5.91 Å². The Morgan fingerprint density at radius 1 is 1.50 bits per heavy atom. The second kappa shape index (κ2) is 5.24.